The fraction of sp³-hybridized carbons (Fsp3) is 0.909. The van der Waals surface area contributed by atoms with Crippen LogP contribution in [-0.2, 0) is 14.3 Å². The Morgan fingerprint density at radius 1 is 1.50 bits per heavy atom. The highest BCUT2D eigenvalue weighted by Gasteiger charge is 2.38. The second kappa shape index (κ2) is 5.61. The van der Waals surface area contributed by atoms with Crippen LogP contribution in [0.1, 0.15) is 20.8 Å². The van der Waals surface area contributed by atoms with Crippen LogP contribution in [0.5, 0.6) is 0 Å². The van der Waals surface area contributed by atoms with E-state index in [0.29, 0.717) is 19.8 Å². The van der Waals surface area contributed by atoms with E-state index in [2.05, 4.69) is 4.90 Å². The standard InChI is InChI=1S/C11H22N2O3/c1-4-16-10(14)9(12)11(2,3)13-5-7-15-8-6-13/h9H,4-8,12H2,1-3H3. The van der Waals surface area contributed by atoms with Crippen LogP contribution in [-0.4, -0.2) is 55.4 Å². The zero-order chi connectivity index (χ0) is 12.2. The lowest BCUT2D eigenvalue weighted by Crippen LogP contribution is -2.62. The topological polar surface area (TPSA) is 64.8 Å². The van der Waals surface area contributed by atoms with Crippen LogP contribution in [0.25, 0.3) is 0 Å². The summed E-state index contributed by atoms with van der Waals surface area (Å²) >= 11 is 0. The van der Waals surface area contributed by atoms with Crippen LogP contribution >= 0.6 is 0 Å². The van der Waals surface area contributed by atoms with Crippen molar-refractivity contribution in [1.82, 2.24) is 4.90 Å². The van der Waals surface area contributed by atoms with E-state index in [1.807, 2.05) is 13.8 Å². The Kier molecular flexibility index (Phi) is 4.70. The molecule has 2 N–H and O–H groups in total. The average Bonchev–Trinajstić information content (AvgIpc) is 2.29. The molecule has 1 heterocycles. The van der Waals surface area contributed by atoms with E-state index in [-0.39, 0.29) is 5.97 Å². The van der Waals surface area contributed by atoms with E-state index < -0.39 is 11.6 Å². The van der Waals surface area contributed by atoms with Crippen molar-refractivity contribution < 1.29 is 14.3 Å². The smallest absolute Gasteiger partial charge is 0.324 e. The van der Waals surface area contributed by atoms with E-state index >= 15 is 0 Å². The van der Waals surface area contributed by atoms with Gasteiger partial charge in [0.1, 0.15) is 6.04 Å². The van der Waals surface area contributed by atoms with Crippen molar-refractivity contribution in [1.29, 1.82) is 0 Å². The molecule has 0 amide bonds. The first-order valence-corrected chi connectivity index (χ1v) is 5.75. The Morgan fingerprint density at radius 3 is 2.56 bits per heavy atom. The molecule has 94 valence electrons. The summed E-state index contributed by atoms with van der Waals surface area (Å²) in [7, 11) is 0. The summed E-state index contributed by atoms with van der Waals surface area (Å²) in [5.74, 6) is -0.334. The quantitative estimate of drug-likeness (QED) is 0.688. The summed E-state index contributed by atoms with van der Waals surface area (Å²) < 4.78 is 10.2. The van der Waals surface area contributed by atoms with E-state index in [0.717, 1.165) is 13.1 Å². The molecule has 5 heteroatoms. The van der Waals surface area contributed by atoms with E-state index in [1.165, 1.54) is 0 Å². The fourth-order valence-corrected chi connectivity index (χ4v) is 1.86. The number of rotatable bonds is 4. The fourth-order valence-electron chi connectivity index (χ4n) is 1.86. The molecule has 0 aliphatic carbocycles. The number of hydrogen-bond donors (Lipinski definition) is 1. The molecule has 1 saturated heterocycles. The van der Waals surface area contributed by atoms with Crippen LogP contribution in [0, 0.1) is 0 Å². The van der Waals surface area contributed by atoms with E-state index in [9.17, 15) is 4.79 Å². The van der Waals surface area contributed by atoms with Gasteiger partial charge in [0.05, 0.1) is 19.8 Å². The summed E-state index contributed by atoms with van der Waals surface area (Å²) in [4.78, 5) is 13.8. The minimum atomic E-state index is -0.620. The predicted octanol–water partition coefficient (Wildman–Crippen LogP) is -0.0124. The van der Waals surface area contributed by atoms with Crippen LogP contribution in [0.4, 0.5) is 0 Å². The normalized spacial score (nSPS) is 20.5. The third-order valence-electron chi connectivity index (χ3n) is 3.13. The maximum absolute atomic E-state index is 11.6. The first-order chi connectivity index (χ1) is 7.50. The van der Waals surface area contributed by atoms with Gasteiger partial charge in [-0.2, -0.15) is 0 Å². The molecule has 1 aliphatic heterocycles. The summed E-state index contributed by atoms with van der Waals surface area (Å²) in [6.07, 6.45) is 0. The predicted molar refractivity (Wildman–Crippen MR) is 61.1 cm³/mol. The Bertz CT molecular complexity index is 237. The first-order valence-electron chi connectivity index (χ1n) is 5.75. The SMILES string of the molecule is CCOC(=O)C(N)C(C)(C)N1CCOCC1. The highest BCUT2D eigenvalue weighted by atomic mass is 16.5. The molecule has 5 nitrogen and oxygen atoms in total. The second-order valence-corrected chi connectivity index (χ2v) is 4.48. The summed E-state index contributed by atoms with van der Waals surface area (Å²) in [5, 5.41) is 0. The number of hydrogen-bond acceptors (Lipinski definition) is 5. The number of ether oxygens (including phenoxy) is 2. The first kappa shape index (κ1) is 13.4. The zero-order valence-electron chi connectivity index (χ0n) is 10.4. The Labute approximate surface area is 96.9 Å². The molecular weight excluding hydrogens is 208 g/mol. The van der Waals surface area contributed by atoms with Crippen molar-refractivity contribution in [3.63, 3.8) is 0 Å². The molecule has 16 heavy (non-hydrogen) atoms. The largest absolute Gasteiger partial charge is 0.465 e. The van der Waals surface area contributed by atoms with Gasteiger partial charge >= 0.3 is 5.97 Å². The van der Waals surface area contributed by atoms with Crippen molar-refractivity contribution >= 4 is 5.97 Å². The third kappa shape index (κ3) is 2.93. The lowest BCUT2D eigenvalue weighted by molar-refractivity contribution is -0.149. The minimum absolute atomic E-state index is 0.334. The van der Waals surface area contributed by atoms with Crippen LogP contribution < -0.4 is 5.73 Å². The highest BCUT2D eigenvalue weighted by molar-refractivity contribution is 5.77. The van der Waals surface area contributed by atoms with Crippen molar-refractivity contribution in [2.24, 2.45) is 5.73 Å². The molecule has 1 atom stereocenters. The van der Waals surface area contributed by atoms with Gasteiger partial charge in [-0.15, -0.1) is 0 Å². The maximum Gasteiger partial charge on any atom is 0.324 e. The molecule has 0 aromatic heterocycles. The monoisotopic (exact) mass is 230 g/mol. The molecule has 0 radical (unpaired) electrons. The number of carbonyl (C=O) groups is 1. The van der Waals surface area contributed by atoms with Gasteiger partial charge < -0.3 is 15.2 Å². The van der Waals surface area contributed by atoms with Crippen LogP contribution in [0.2, 0.25) is 0 Å². The van der Waals surface area contributed by atoms with Gasteiger partial charge in [-0.05, 0) is 20.8 Å². The molecule has 1 rings (SSSR count). The summed E-state index contributed by atoms with van der Waals surface area (Å²) in [6, 6.07) is -0.620. The molecule has 0 saturated carbocycles. The van der Waals surface area contributed by atoms with Gasteiger partial charge in [0.25, 0.3) is 0 Å². The lowest BCUT2D eigenvalue weighted by atomic mass is 9.92. The number of nitrogens with zero attached hydrogens (tertiary/aromatic N) is 1. The number of nitrogens with two attached hydrogens (primary N) is 1. The molecule has 1 fully saturated rings. The highest BCUT2D eigenvalue weighted by Crippen LogP contribution is 2.20. The van der Waals surface area contributed by atoms with Gasteiger partial charge in [0.2, 0.25) is 0 Å². The Hall–Kier alpha value is -0.650. The number of esters is 1. The van der Waals surface area contributed by atoms with Crippen molar-refractivity contribution in [3.8, 4) is 0 Å². The molecule has 1 unspecified atom stereocenters. The molecule has 0 aromatic carbocycles. The molecule has 1 aliphatic rings. The van der Waals surface area contributed by atoms with Gasteiger partial charge in [-0.1, -0.05) is 0 Å². The molecule has 0 spiro atoms. The van der Waals surface area contributed by atoms with Crippen molar-refractivity contribution in [3.05, 3.63) is 0 Å². The van der Waals surface area contributed by atoms with Gasteiger partial charge in [0.15, 0.2) is 0 Å². The lowest BCUT2D eigenvalue weighted by Gasteiger charge is -2.43. The van der Waals surface area contributed by atoms with Crippen molar-refractivity contribution in [2.75, 3.05) is 32.9 Å². The van der Waals surface area contributed by atoms with Crippen LogP contribution in [0.3, 0.4) is 0 Å². The van der Waals surface area contributed by atoms with E-state index in [1.54, 1.807) is 6.92 Å². The average molecular weight is 230 g/mol. The van der Waals surface area contributed by atoms with E-state index in [4.69, 9.17) is 15.2 Å². The van der Waals surface area contributed by atoms with Crippen LogP contribution in [0.15, 0.2) is 0 Å². The van der Waals surface area contributed by atoms with Gasteiger partial charge in [0, 0.05) is 18.6 Å². The van der Waals surface area contributed by atoms with Gasteiger partial charge in [-0.3, -0.25) is 9.69 Å². The molecular formula is C11H22N2O3. The third-order valence-corrected chi connectivity index (χ3v) is 3.13. The van der Waals surface area contributed by atoms with Gasteiger partial charge in [-0.25, -0.2) is 0 Å². The number of carbonyl (C=O) groups excluding carboxylic acids is 1. The maximum atomic E-state index is 11.6. The Morgan fingerprint density at radius 2 is 2.06 bits per heavy atom. The number of morpholine rings is 1. The molecule has 0 bridgehead atoms. The minimum Gasteiger partial charge on any atom is -0.465 e. The second-order valence-electron chi connectivity index (χ2n) is 4.48. The van der Waals surface area contributed by atoms with Crippen molar-refractivity contribution in [2.45, 2.75) is 32.4 Å². The summed E-state index contributed by atoms with van der Waals surface area (Å²) in [5.41, 5.74) is 5.56. The molecule has 0 aromatic rings. The Balaban J connectivity index is 2.63. The zero-order valence-corrected chi connectivity index (χ0v) is 10.4. The summed E-state index contributed by atoms with van der Waals surface area (Å²) in [6.45, 7) is 9.09.